The van der Waals surface area contributed by atoms with Crippen molar-refractivity contribution in [1.29, 1.82) is 0 Å². The molecule has 2 N–H and O–H groups in total. The molecule has 186 valence electrons. The van der Waals surface area contributed by atoms with Crippen molar-refractivity contribution in [2.45, 2.75) is 58.0 Å². The van der Waals surface area contributed by atoms with Crippen LogP contribution in [0.4, 0.5) is 10.2 Å². The minimum Gasteiger partial charge on any atom is -0.378 e. The Bertz CT molecular complexity index is 1320. The summed E-state index contributed by atoms with van der Waals surface area (Å²) >= 11 is 0. The summed E-state index contributed by atoms with van der Waals surface area (Å²) in [7, 11) is 0. The number of carbonyl (C=O) groups is 1. The average molecular weight is 486 g/mol. The summed E-state index contributed by atoms with van der Waals surface area (Å²) in [5, 5.41) is 13.6. The third kappa shape index (κ3) is 5.27. The Kier molecular flexibility index (Phi) is 6.53. The molecule has 1 aromatic carbocycles. The first-order chi connectivity index (χ1) is 17.2. The standard InChI is InChI=1S/C30H32FN3O2/c1-18(29(35)34-28-7-4-19(17-33-28)8-10-30(2,3)36)20-12-21-14-23(15-22(21)13-20)25-9-11-32-27-6-5-24(31)16-26(25)27/h4-7,9,11,16-18,20-23,36H,12-15H2,1-3H3,(H,33,34,35)/t18?,20-,21-,22+,23?. The second kappa shape index (κ2) is 9.63. The third-order valence-electron chi connectivity index (χ3n) is 7.88. The van der Waals surface area contributed by atoms with Gasteiger partial charge in [-0.1, -0.05) is 18.8 Å². The molecule has 3 aromatic rings. The van der Waals surface area contributed by atoms with E-state index in [1.807, 2.05) is 13.1 Å². The molecule has 2 heterocycles. The fourth-order valence-electron chi connectivity index (χ4n) is 6.04. The number of fused-ring (bicyclic) bond motifs is 2. The van der Waals surface area contributed by atoms with E-state index in [1.54, 1.807) is 44.3 Å². The molecule has 2 unspecified atom stereocenters. The Balaban J connectivity index is 1.19. The van der Waals surface area contributed by atoms with E-state index < -0.39 is 5.60 Å². The third-order valence-corrected chi connectivity index (χ3v) is 7.88. The number of nitrogens with one attached hydrogen (secondary N) is 1. The van der Waals surface area contributed by atoms with Gasteiger partial charge in [0, 0.05) is 29.3 Å². The lowest BCUT2D eigenvalue weighted by molar-refractivity contribution is -0.120. The molecular formula is C30H32FN3O2. The van der Waals surface area contributed by atoms with Crippen molar-refractivity contribution in [2.75, 3.05) is 5.32 Å². The largest absolute Gasteiger partial charge is 0.378 e. The summed E-state index contributed by atoms with van der Waals surface area (Å²) in [5.41, 5.74) is 1.68. The van der Waals surface area contributed by atoms with Crippen molar-refractivity contribution in [1.82, 2.24) is 9.97 Å². The highest BCUT2D eigenvalue weighted by Gasteiger charge is 2.44. The second-order valence-corrected chi connectivity index (χ2v) is 11.0. The van der Waals surface area contributed by atoms with E-state index in [9.17, 15) is 14.3 Å². The molecule has 0 aliphatic heterocycles. The summed E-state index contributed by atoms with van der Waals surface area (Å²) < 4.78 is 13.9. The van der Waals surface area contributed by atoms with E-state index in [2.05, 4.69) is 33.2 Å². The minimum atomic E-state index is -1.06. The number of amides is 1. The van der Waals surface area contributed by atoms with Gasteiger partial charge in [-0.2, -0.15) is 0 Å². The molecule has 2 fully saturated rings. The molecule has 5 nitrogen and oxygen atoms in total. The SMILES string of the molecule is CC(C(=O)Nc1ccc(C#CC(C)(C)O)cn1)[C@H]1C[C@H]2CC(c3ccnc4ccc(F)cc34)C[C@H]2C1. The number of anilines is 1. The molecule has 36 heavy (non-hydrogen) atoms. The zero-order chi connectivity index (χ0) is 25.4. The Hall–Kier alpha value is -3.30. The van der Waals surface area contributed by atoms with Crippen LogP contribution in [0.25, 0.3) is 10.9 Å². The van der Waals surface area contributed by atoms with Crippen LogP contribution in [0.1, 0.15) is 63.5 Å². The maximum absolute atomic E-state index is 13.9. The van der Waals surface area contributed by atoms with Gasteiger partial charge in [-0.25, -0.2) is 9.37 Å². The Morgan fingerprint density at radius 3 is 2.53 bits per heavy atom. The molecule has 2 aliphatic rings. The molecule has 0 spiro atoms. The number of aliphatic hydroxyl groups is 1. The van der Waals surface area contributed by atoms with Crippen molar-refractivity contribution in [3.05, 3.63) is 65.7 Å². The van der Waals surface area contributed by atoms with Crippen LogP contribution < -0.4 is 5.32 Å². The molecule has 1 amide bonds. The maximum atomic E-state index is 13.9. The minimum absolute atomic E-state index is 0.00467. The van der Waals surface area contributed by atoms with Gasteiger partial charge in [0.25, 0.3) is 0 Å². The summed E-state index contributed by atoms with van der Waals surface area (Å²) in [4.78, 5) is 21.7. The van der Waals surface area contributed by atoms with Gasteiger partial charge in [0.2, 0.25) is 5.91 Å². The van der Waals surface area contributed by atoms with Gasteiger partial charge in [-0.15, -0.1) is 0 Å². The molecule has 2 saturated carbocycles. The molecule has 2 aliphatic carbocycles. The van der Waals surface area contributed by atoms with Crippen LogP contribution in [0.15, 0.2) is 48.8 Å². The average Bonchev–Trinajstić information content (AvgIpc) is 3.42. The van der Waals surface area contributed by atoms with E-state index in [0.29, 0.717) is 35.1 Å². The highest BCUT2D eigenvalue weighted by Crippen LogP contribution is 2.54. The summed E-state index contributed by atoms with van der Waals surface area (Å²) in [6.07, 6.45) is 7.70. The number of carbonyl (C=O) groups excluding carboxylic acids is 1. The molecule has 2 aromatic heterocycles. The first-order valence-corrected chi connectivity index (χ1v) is 12.7. The molecule has 0 radical (unpaired) electrons. The van der Waals surface area contributed by atoms with Crippen molar-refractivity contribution >= 4 is 22.6 Å². The van der Waals surface area contributed by atoms with Crippen LogP contribution in [0, 0.1) is 41.3 Å². The second-order valence-electron chi connectivity index (χ2n) is 11.0. The van der Waals surface area contributed by atoms with Gasteiger partial charge in [-0.3, -0.25) is 9.78 Å². The quantitative estimate of drug-likeness (QED) is 0.466. The molecule has 6 heteroatoms. The monoisotopic (exact) mass is 485 g/mol. The smallest absolute Gasteiger partial charge is 0.228 e. The van der Waals surface area contributed by atoms with Gasteiger partial charge in [-0.05, 0) is 105 Å². The lowest BCUT2D eigenvalue weighted by Gasteiger charge is -2.21. The van der Waals surface area contributed by atoms with Crippen molar-refractivity contribution in [2.24, 2.45) is 23.7 Å². The highest BCUT2D eigenvalue weighted by atomic mass is 19.1. The summed E-state index contributed by atoms with van der Waals surface area (Å²) in [5.74, 6) is 7.79. The first-order valence-electron chi connectivity index (χ1n) is 12.7. The van der Waals surface area contributed by atoms with Crippen LogP contribution in [0.3, 0.4) is 0 Å². The van der Waals surface area contributed by atoms with Gasteiger partial charge >= 0.3 is 0 Å². The zero-order valence-corrected chi connectivity index (χ0v) is 21.0. The van der Waals surface area contributed by atoms with E-state index in [0.717, 1.165) is 36.6 Å². The number of hydrogen-bond acceptors (Lipinski definition) is 4. The lowest BCUT2D eigenvalue weighted by Crippen LogP contribution is -2.26. The van der Waals surface area contributed by atoms with Crippen LogP contribution in [0.5, 0.6) is 0 Å². The van der Waals surface area contributed by atoms with Gasteiger partial charge in [0.15, 0.2) is 0 Å². The normalized spacial score (nSPS) is 24.1. The number of halogens is 1. The number of benzene rings is 1. The molecule has 5 atom stereocenters. The fourth-order valence-corrected chi connectivity index (χ4v) is 6.04. The highest BCUT2D eigenvalue weighted by molar-refractivity contribution is 5.91. The fraction of sp³-hybridized carbons (Fsp3) is 0.433. The zero-order valence-electron chi connectivity index (χ0n) is 21.0. The molecular weight excluding hydrogens is 453 g/mol. The van der Waals surface area contributed by atoms with Gasteiger partial charge in [0.05, 0.1) is 5.52 Å². The first kappa shape index (κ1) is 24.4. The Morgan fingerprint density at radius 2 is 1.86 bits per heavy atom. The van der Waals surface area contributed by atoms with Crippen LogP contribution in [0.2, 0.25) is 0 Å². The summed E-state index contributed by atoms with van der Waals surface area (Å²) in [6.45, 7) is 5.27. The number of hydrogen-bond donors (Lipinski definition) is 2. The Labute approximate surface area is 211 Å². The van der Waals surface area contributed by atoms with E-state index in [4.69, 9.17) is 0 Å². The van der Waals surface area contributed by atoms with Gasteiger partial charge in [0.1, 0.15) is 17.2 Å². The van der Waals surface area contributed by atoms with E-state index in [-0.39, 0.29) is 17.6 Å². The van der Waals surface area contributed by atoms with Crippen molar-refractivity contribution < 1.29 is 14.3 Å². The van der Waals surface area contributed by atoms with Crippen LogP contribution >= 0.6 is 0 Å². The topological polar surface area (TPSA) is 75.1 Å². The number of nitrogens with zero attached hydrogens (tertiary/aromatic N) is 2. The Morgan fingerprint density at radius 1 is 1.11 bits per heavy atom. The van der Waals surface area contributed by atoms with Crippen LogP contribution in [-0.2, 0) is 4.79 Å². The molecule has 0 saturated heterocycles. The predicted octanol–water partition coefficient (Wildman–Crippen LogP) is 5.69. The van der Waals surface area contributed by atoms with Crippen molar-refractivity contribution in [3.8, 4) is 11.8 Å². The molecule has 5 rings (SSSR count). The maximum Gasteiger partial charge on any atom is 0.228 e. The lowest BCUT2D eigenvalue weighted by atomic mass is 9.86. The van der Waals surface area contributed by atoms with E-state index in [1.165, 1.54) is 11.6 Å². The van der Waals surface area contributed by atoms with E-state index >= 15 is 0 Å². The number of aromatic nitrogens is 2. The van der Waals surface area contributed by atoms with Crippen molar-refractivity contribution in [3.63, 3.8) is 0 Å². The predicted molar refractivity (Wildman–Crippen MR) is 139 cm³/mol. The van der Waals surface area contributed by atoms with Crippen LogP contribution in [-0.4, -0.2) is 26.6 Å². The number of rotatable bonds is 4. The summed E-state index contributed by atoms with van der Waals surface area (Å²) in [6, 6.07) is 10.4. The number of pyridine rings is 2. The molecule has 0 bridgehead atoms. The van der Waals surface area contributed by atoms with Gasteiger partial charge < -0.3 is 10.4 Å².